The van der Waals surface area contributed by atoms with Crippen LogP contribution < -0.4 is 5.32 Å². The van der Waals surface area contributed by atoms with Crippen molar-refractivity contribution in [3.8, 4) is 0 Å². The number of rotatable bonds is 4. The average molecular weight is 280 g/mol. The molecule has 0 spiro atoms. The molecule has 3 nitrogen and oxygen atoms in total. The van der Waals surface area contributed by atoms with Gasteiger partial charge in [0.1, 0.15) is 6.10 Å². The third-order valence-electron chi connectivity index (χ3n) is 1.95. The van der Waals surface area contributed by atoms with Crippen molar-refractivity contribution in [3.63, 3.8) is 0 Å². The van der Waals surface area contributed by atoms with Gasteiger partial charge in [0.05, 0.1) is 9.89 Å². The molecular formula is C9H14BrNO2S. The van der Waals surface area contributed by atoms with Gasteiger partial charge in [-0.2, -0.15) is 0 Å². The molecule has 14 heavy (non-hydrogen) atoms. The number of hydrogen-bond acceptors (Lipinski definition) is 4. The second kappa shape index (κ2) is 5.23. The summed E-state index contributed by atoms with van der Waals surface area (Å²) >= 11 is 4.84. The predicted octanol–water partition coefficient (Wildman–Crippen LogP) is 1.43. The molecule has 1 heterocycles. The number of aliphatic hydroxyl groups is 2. The topological polar surface area (TPSA) is 52.5 Å². The van der Waals surface area contributed by atoms with Crippen LogP contribution in [0.25, 0.3) is 0 Å². The number of thiophene rings is 1. The lowest BCUT2D eigenvalue weighted by Gasteiger charge is -2.15. The summed E-state index contributed by atoms with van der Waals surface area (Å²) in [6.07, 6.45) is -1.57. The molecule has 1 aromatic heterocycles. The SMILES string of the molecule is CNCC(O)C(O)c1cc(C)c(Br)s1. The third kappa shape index (κ3) is 2.77. The maximum Gasteiger partial charge on any atom is 0.115 e. The summed E-state index contributed by atoms with van der Waals surface area (Å²) in [5.41, 5.74) is 1.08. The quantitative estimate of drug-likeness (QED) is 0.782. The maximum atomic E-state index is 9.76. The van der Waals surface area contributed by atoms with Crippen molar-refractivity contribution in [1.29, 1.82) is 0 Å². The summed E-state index contributed by atoms with van der Waals surface area (Å²) in [7, 11) is 1.74. The van der Waals surface area contributed by atoms with Crippen molar-refractivity contribution in [3.05, 3.63) is 20.3 Å². The number of aryl methyl sites for hydroxylation is 1. The first kappa shape index (κ1) is 12.1. The number of hydrogen-bond donors (Lipinski definition) is 3. The van der Waals surface area contributed by atoms with Gasteiger partial charge in [-0.3, -0.25) is 0 Å². The van der Waals surface area contributed by atoms with E-state index in [0.717, 1.165) is 14.2 Å². The highest BCUT2D eigenvalue weighted by molar-refractivity contribution is 9.11. The predicted molar refractivity (Wildman–Crippen MR) is 61.6 cm³/mol. The van der Waals surface area contributed by atoms with Crippen molar-refractivity contribution >= 4 is 27.3 Å². The fourth-order valence-corrected chi connectivity index (χ4v) is 2.76. The van der Waals surface area contributed by atoms with Gasteiger partial charge >= 0.3 is 0 Å². The Kier molecular flexibility index (Phi) is 4.53. The van der Waals surface area contributed by atoms with Crippen LogP contribution in [-0.4, -0.2) is 29.9 Å². The molecule has 5 heteroatoms. The van der Waals surface area contributed by atoms with Crippen molar-refractivity contribution < 1.29 is 10.2 Å². The number of aliphatic hydroxyl groups excluding tert-OH is 2. The minimum atomic E-state index is -0.808. The molecule has 0 aromatic carbocycles. The highest BCUT2D eigenvalue weighted by atomic mass is 79.9. The zero-order valence-corrected chi connectivity index (χ0v) is 10.5. The van der Waals surface area contributed by atoms with Gasteiger partial charge in [0, 0.05) is 11.4 Å². The van der Waals surface area contributed by atoms with E-state index in [1.54, 1.807) is 7.05 Å². The second-order valence-electron chi connectivity index (χ2n) is 3.18. The Labute approximate surface area is 95.9 Å². The molecule has 0 radical (unpaired) electrons. The molecule has 0 bridgehead atoms. The molecule has 2 unspecified atom stereocenters. The Morgan fingerprint density at radius 2 is 2.21 bits per heavy atom. The molecule has 0 saturated carbocycles. The van der Waals surface area contributed by atoms with E-state index in [1.807, 2.05) is 13.0 Å². The lowest BCUT2D eigenvalue weighted by Crippen LogP contribution is -2.29. The second-order valence-corrected chi connectivity index (χ2v) is 5.58. The van der Waals surface area contributed by atoms with Crippen LogP contribution in [0.2, 0.25) is 0 Å². The molecule has 0 fully saturated rings. The highest BCUT2D eigenvalue weighted by Gasteiger charge is 2.20. The van der Waals surface area contributed by atoms with Gasteiger partial charge in [0.2, 0.25) is 0 Å². The summed E-state index contributed by atoms with van der Waals surface area (Å²) in [4.78, 5) is 0.789. The van der Waals surface area contributed by atoms with Crippen LogP contribution in [0.5, 0.6) is 0 Å². The molecular weight excluding hydrogens is 266 g/mol. The van der Waals surface area contributed by atoms with Crippen LogP contribution in [0.4, 0.5) is 0 Å². The van der Waals surface area contributed by atoms with E-state index in [2.05, 4.69) is 21.2 Å². The normalized spacial score (nSPS) is 15.5. The Morgan fingerprint density at radius 3 is 2.64 bits per heavy atom. The summed E-state index contributed by atoms with van der Waals surface area (Å²) < 4.78 is 1.00. The zero-order valence-electron chi connectivity index (χ0n) is 8.12. The van der Waals surface area contributed by atoms with E-state index in [1.165, 1.54) is 11.3 Å². The Hall–Kier alpha value is 0.0600. The molecule has 2 atom stereocenters. The average Bonchev–Trinajstić information content (AvgIpc) is 2.46. The van der Waals surface area contributed by atoms with Gasteiger partial charge in [-0.05, 0) is 41.5 Å². The Bertz CT molecular complexity index is 284. The van der Waals surface area contributed by atoms with Gasteiger partial charge < -0.3 is 15.5 Å². The number of likely N-dealkylation sites (N-methyl/N-ethyl adjacent to an activating group) is 1. The summed E-state index contributed by atoms with van der Waals surface area (Å²) in [5.74, 6) is 0. The summed E-state index contributed by atoms with van der Waals surface area (Å²) in [6.45, 7) is 2.34. The third-order valence-corrected chi connectivity index (χ3v) is 4.15. The van der Waals surface area contributed by atoms with Crippen LogP contribution in [0.3, 0.4) is 0 Å². The van der Waals surface area contributed by atoms with Crippen molar-refractivity contribution in [2.24, 2.45) is 0 Å². The van der Waals surface area contributed by atoms with E-state index >= 15 is 0 Å². The largest absolute Gasteiger partial charge is 0.389 e. The van der Waals surface area contributed by atoms with E-state index in [9.17, 15) is 10.2 Å². The minimum absolute atomic E-state index is 0.385. The molecule has 1 rings (SSSR count). The zero-order chi connectivity index (χ0) is 10.7. The molecule has 0 amide bonds. The minimum Gasteiger partial charge on any atom is -0.389 e. The fraction of sp³-hybridized carbons (Fsp3) is 0.556. The first-order chi connectivity index (χ1) is 6.56. The Morgan fingerprint density at radius 1 is 1.57 bits per heavy atom. The van der Waals surface area contributed by atoms with Gasteiger partial charge in [-0.1, -0.05) is 0 Å². The molecule has 0 aliphatic rings. The maximum absolute atomic E-state index is 9.76. The standard InChI is InChI=1S/C9H14BrNO2S/c1-5-3-7(14-9(5)10)8(13)6(12)4-11-2/h3,6,8,11-13H,4H2,1-2H3. The molecule has 0 aliphatic heterocycles. The van der Waals surface area contributed by atoms with Crippen LogP contribution in [0, 0.1) is 6.92 Å². The Balaban J connectivity index is 2.73. The van der Waals surface area contributed by atoms with Crippen molar-refractivity contribution in [2.75, 3.05) is 13.6 Å². The molecule has 3 N–H and O–H groups in total. The van der Waals surface area contributed by atoms with Gasteiger partial charge in [-0.25, -0.2) is 0 Å². The summed E-state index contributed by atoms with van der Waals surface area (Å²) in [6, 6.07) is 1.89. The summed E-state index contributed by atoms with van der Waals surface area (Å²) in [5, 5.41) is 22.1. The molecule has 80 valence electrons. The lowest BCUT2D eigenvalue weighted by atomic mass is 10.1. The number of nitrogens with one attached hydrogen (secondary N) is 1. The van der Waals surface area contributed by atoms with Gasteiger partial charge in [0.25, 0.3) is 0 Å². The monoisotopic (exact) mass is 279 g/mol. The van der Waals surface area contributed by atoms with Crippen molar-refractivity contribution in [2.45, 2.75) is 19.1 Å². The molecule has 0 aliphatic carbocycles. The smallest absolute Gasteiger partial charge is 0.115 e. The van der Waals surface area contributed by atoms with E-state index in [-0.39, 0.29) is 0 Å². The number of halogens is 1. The highest BCUT2D eigenvalue weighted by Crippen LogP contribution is 2.32. The first-order valence-corrected chi connectivity index (χ1v) is 5.93. The van der Waals surface area contributed by atoms with Gasteiger partial charge in [0.15, 0.2) is 0 Å². The van der Waals surface area contributed by atoms with E-state index in [0.29, 0.717) is 6.54 Å². The van der Waals surface area contributed by atoms with Crippen LogP contribution >= 0.6 is 27.3 Å². The molecule has 1 aromatic rings. The first-order valence-electron chi connectivity index (χ1n) is 4.32. The van der Waals surface area contributed by atoms with Crippen molar-refractivity contribution in [1.82, 2.24) is 5.32 Å². The molecule has 0 saturated heterocycles. The van der Waals surface area contributed by atoms with E-state index in [4.69, 9.17) is 0 Å². The van der Waals surface area contributed by atoms with Crippen LogP contribution in [-0.2, 0) is 0 Å². The van der Waals surface area contributed by atoms with Gasteiger partial charge in [-0.15, -0.1) is 11.3 Å². The lowest BCUT2D eigenvalue weighted by molar-refractivity contribution is 0.0224. The van der Waals surface area contributed by atoms with Crippen LogP contribution in [0.1, 0.15) is 16.5 Å². The fourth-order valence-electron chi connectivity index (χ4n) is 1.14. The van der Waals surface area contributed by atoms with E-state index < -0.39 is 12.2 Å². The van der Waals surface area contributed by atoms with Crippen LogP contribution in [0.15, 0.2) is 9.85 Å².